The minimum absolute atomic E-state index is 0.0176. The average Bonchev–Trinajstić information content (AvgIpc) is 2.61. The van der Waals surface area contributed by atoms with Crippen LogP contribution < -0.4 is 14.8 Å². The van der Waals surface area contributed by atoms with Gasteiger partial charge in [0.15, 0.2) is 11.5 Å². The van der Waals surface area contributed by atoms with Crippen molar-refractivity contribution in [2.24, 2.45) is 0 Å². The molecule has 0 saturated heterocycles. The second kappa shape index (κ2) is 6.51. The number of rotatable bonds is 4. The summed E-state index contributed by atoms with van der Waals surface area (Å²) >= 11 is 0. The molecule has 7 heteroatoms. The highest BCUT2D eigenvalue weighted by atomic mass is 32.2. The van der Waals surface area contributed by atoms with Crippen molar-refractivity contribution >= 4 is 9.84 Å². The Balaban J connectivity index is 2.01. The summed E-state index contributed by atoms with van der Waals surface area (Å²) in [6, 6.07) is 12.5. The Bertz CT molecular complexity index is 903. The lowest BCUT2D eigenvalue weighted by Crippen LogP contribution is -2.37. The fraction of sp³-hybridized carbons (Fsp3) is 0.235. The van der Waals surface area contributed by atoms with Gasteiger partial charge in [0.2, 0.25) is 9.84 Å². The second-order valence-electron chi connectivity index (χ2n) is 5.33. The van der Waals surface area contributed by atoms with Gasteiger partial charge < -0.3 is 14.8 Å². The van der Waals surface area contributed by atoms with Gasteiger partial charge in [0, 0.05) is 12.6 Å². The maximum atomic E-state index is 12.8. The number of fused-ring (bicyclic) bond motifs is 1. The highest BCUT2D eigenvalue weighted by molar-refractivity contribution is 7.91. The number of sulfone groups is 1. The highest BCUT2D eigenvalue weighted by Gasteiger charge is 2.26. The lowest BCUT2D eigenvalue weighted by atomic mass is 10.2. The Labute approximate surface area is 140 Å². The van der Waals surface area contributed by atoms with E-state index in [2.05, 4.69) is 5.32 Å². The third-order valence-corrected chi connectivity index (χ3v) is 5.48. The number of nitriles is 1. The molecule has 1 N–H and O–H groups in total. The van der Waals surface area contributed by atoms with Crippen LogP contribution in [0.3, 0.4) is 0 Å². The van der Waals surface area contributed by atoms with Crippen LogP contribution in [0.1, 0.15) is 5.56 Å². The van der Waals surface area contributed by atoms with Gasteiger partial charge in [-0.3, -0.25) is 0 Å². The Morgan fingerprint density at radius 3 is 2.79 bits per heavy atom. The quantitative estimate of drug-likeness (QED) is 0.909. The Hall–Kier alpha value is -2.56. The predicted molar refractivity (Wildman–Crippen MR) is 86.9 cm³/mol. The van der Waals surface area contributed by atoms with E-state index in [1.54, 1.807) is 25.2 Å². The number of hydrogen-bond acceptors (Lipinski definition) is 6. The first kappa shape index (κ1) is 16.3. The number of nitrogens with one attached hydrogen (secondary N) is 1. The van der Waals surface area contributed by atoms with Crippen LogP contribution in [0.15, 0.2) is 52.3 Å². The summed E-state index contributed by atoms with van der Waals surface area (Å²) in [6.45, 7) is 0.991. The number of ether oxygens (including phenoxy) is 2. The summed E-state index contributed by atoms with van der Waals surface area (Å²) in [5.41, 5.74) is 0.112. The molecule has 0 radical (unpaired) electrons. The topological polar surface area (TPSA) is 88.4 Å². The SMILES string of the molecule is CNC[C@H]1COc2ccc(S(=O)(=O)c3ccccc3C#N)cc2O1. The van der Waals surface area contributed by atoms with Crippen LogP contribution >= 0.6 is 0 Å². The van der Waals surface area contributed by atoms with E-state index in [0.29, 0.717) is 24.7 Å². The lowest BCUT2D eigenvalue weighted by molar-refractivity contribution is 0.0915. The molecule has 2 aromatic carbocycles. The number of likely N-dealkylation sites (N-methyl/N-ethyl adjacent to an activating group) is 1. The van der Waals surface area contributed by atoms with Crippen LogP contribution in [0.2, 0.25) is 0 Å². The molecule has 2 aromatic rings. The standard InChI is InChI=1S/C17H16N2O4S/c1-19-10-13-11-22-15-7-6-14(8-16(15)23-13)24(20,21)17-5-3-2-4-12(17)9-18/h2-8,13,19H,10-11H2,1H3/t13-/m0/s1. The first-order valence-corrected chi connectivity index (χ1v) is 8.87. The fourth-order valence-corrected chi connectivity index (χ4v) is 3.94. The van der Waals surface area contributed by atoms with Crippen LogP contribution in [-0.4, -0.2) is 34.7 Å². The van der Waals surface area contributed by atoms with E-state index in [1.807, 2.05) is 6.07 Å². The Morgan fingerprint density at radius 2 is 2.04 bits per heavy atom. The molecule has 3 rings (SSSR count). The molecule has 0 unspecified atom stereocenters. The van der Waals surface area contributed by atoms with Crippen molar-refractivity contribution in [2.45, 2.75) is 15.9 Å². The molecule has 1 atom stereocenters. The molecular weight excluding hydrogens is 328 g/mol. The van der Waals surface area contributed by atoms with Gasteiger partial charge in [0.05, 0.1) is 15.4 Å². The van der Waals surface area contributed by atoms with Crippen molar-refractivity contribution in [1.82, 2.24) is 5.32 Å². The van der Waals surface area contributed by atoms with Crippen molar-refractivity contribution in [2.75, 3.05) is 20.2 Å². The number of benzene rings is 2. The van der Waals surface area contributed by atoms with E-state index in [9.17, 15) is 8.42 Å². The minimum Gasteiger partial charge on any atom is -0.486 e. The monoisotopic (exact) mass is 344 g/mol. The first-order chi connectivity index (χ1) is 11.6. The van der Waals surface area contributed by atoms with E-state index in [0.717, 1.165) is 0 Å². The molecule has 1 heterocycles. The van der Waals surface area contributed by atoms with Crippen molar-refractivity contribution in [3.63, 3.8) is 0 Å². The van der Waals surface area contributed by atoms with E-state index in [1.165, 1.54) is 24.3 Å². The molecule has 1 aliphatic rings. The van der Waals surface area contributed by atoms with Crippen molar-refractivity contribution in [3.8, 4) is 17.6 Å². The Morgan fingerprint density at radius 1 is 1.25 bits per heavy atom. The van der Waals surface area contributed by atoms with Crippen LogP contribution in [-0.2, 0) is 9.84 Å². The first-order valence-electron chi connectivity index (χ1n) is 7.38. The zero-order valence-electron chi connectivity index (χ0n) is 13.0. The van der Waals surface area contributed by atoms with E-state index in [4.69, 9.17) is 14.7 Å². The summed E-state index contributed by atoms with van der Waals surface area (Å²) < 4.78 is 37.1. The number of nitrogens with zero attached hydrogens (tertiary/aromatic N) is 1. The van der Waals surface area contributed by atoms with Gasteiger partial charge in [-0.05, 0) is 31.3 Å². The van der Waals surface area contributed by atoms with Crippen LogP contribution in [0.25, 0.3) is 0 Å². The molecule has 0 aliphatic carbocycles. The highest BCUT2D eigenvalue weighted by Crippen LogP contribution is 2.35. The van der Waals surface area contributed by atoms with Crippen molar-refractivity contribution < 1.29 is 17.9 Å². The zero-order valence-corrected chi connectivity index (χ0v) is 13.8. The van der Waals surface area contributed by atoms with E-state index >= 15 is 0 Å². The largest absolute Gasteiger partial charge is 0.486 e. The molecule has 6 nitrogen and oxygen atoms in total. The van der Waals surface area contributed by atoms with Gasteiger partial charge in [0.1, 0.15) is 18.8 Å². The average molecular weight is 344 g/mol. The predicted octanol–water partition coefficient (Wildman–Crippen LogP) is 1.75. The third-order valence-electron chi connectivity index (χ3n) is 3.67. The van der Waals surface area contributed by atoms with Gasteiger partial charge in [0.25, 0.3) is 0 Å². The van der Waals surface area contributed by atoms with Crippen LogP contribution in [0.4, 0.5) is 0 Å². The molecule has 1 aliphatic heterocycles. The summed E-state index contributed by atoms with van der Waals surface area (Å²) in [7, 11) is -2.01. The normalized spacial score (nSPS) is 16.4. The van der Waals surface area contributed by atoms with Crippen LogP contribution in [0.5, 0.6) is 11.5 Å². The maximum Gasteiger partial charge on any atom is 0.208 e. The summed E-state index contributed by atoms with van der Waals surface area (Å²) in [5.74, 6) is 0.895. The maximum absolute atomic E-state index is 12.8. The van der Waals surface area contributed by atoms with Gasteiger partial charge in [-0.25, -0.2) is 8.42 Å². The second-order valence-corrected chi connectivity index (χ2v) is 7.25. The van der Waals surface area contributed by atoms with Gasteiger partial charge in [-0.15, -0.1) is 0 Å². The molecule has 0 saturated carbocycles. The Kier molecular flexibility index (Phi) is 4.42. The molecule has 0 fully saturated rings. The smallest absolute Gasteiger partial charge is 0.208 e. The minimum atomic E-state index is -3.82. The van der Waals surface area contributed by atoms with Gasteiger partial charge in [-0.1, -0.05) is 12.1 Å². The zero-order chi connectivity index (χ0) is 17.2. The van der Waals surface area contributed by atoms with Gasteiger partial charge in [-0.2, -0.15) is 5.26 Å². The van der Waals surface area contributed by atoms with E-state index in [-0.39, 0.29) is 21.5 Å². The van der Waals surface area contributed by atoms with Crippen molar-refractivity contribution in [1.29, 1.82) is 5.26 Å². The van der Waals surface area contributed by atoms with Crippen LogP contribution in [0, 0.1) is 11.3 Å². The lowest BCUT2D eigenvalue weighted by Gasteiger charge is -2.26. The van der Waals surface area contributed by atoms with Gasteiger partial charge >= 0.3 is 0 Å². The number of hydrogen-bond donors (Lipinski definition) is 1. The summed E-state index contributed by atoms with van der Waals surface area (Å²) in [6.07, 6.45) is -0.188. The molecular formula is C17H16N2O4S. The molecule has 0 aromatic heterocycles. The van der Waals surface area contributed by atoms with Crippen molar-refractivity contribution in [3.05, 3.63) is 48.0 Å². The molecule has 124 valence electrons. The van der Waals surface area contributed by atoms with E-state index < -0.39 is 9.84 Å². The third kappa shape index (κ3) is 2.94. The molecule has 0 amide bonds. The molecule has 24 heavy (non-hydrogen) atoms. The summed E-state index contributed by atoms with van der Waals surface area (Å²) in [4.78, 5) is 0.0496. The fourth-order valence-electron chi connectivity index (χ4n) is 2.51. The molecule has 0 spiro atoms. The molecule has 0 bridgehead atoms. The summed E-state index contributed by atoms with van der Waals surface area (Å²) in [5, 5.41) is 12.1.